The first-order valence-electron chi connectivity index (χ1n) is 8.98. The topological polar surface area (TPSA) is 75.4 Å². The average Bonchev–Trinajstić information content (AvgIpc) is 2.74. The summed E-state index contributed by atoms with van der Waals surface area (Å²) in [6.45, 7) is 1.79. The fraction of sp³-hybridized carbons (Fsp3) is 0.174. The summed E-state index contributed by atoms with van der Waals surface area (Å²) in [6.07, 6.45) is 0. The summed E-state index contributed by atoms with van der Waals surface area (Å²) >= 11 is 0. The largest absolute Gasteiger partial charge is 0.378 e. The van der Waals surface area contributed by atoms with Gasteiger partial charge in [-0.3, -0.25) is 4.79 Å². The Balaban J connectivity index is 1.90. The highest BCUT2D eigenvalue weighted by Crippen LogP contribution is 2.33. The molecular weight excluding hydrogens is 336 g/mol. The highest BCUT2D eigenvalue weighted by molar-refractivity contribution is 5.83. The lowest BCUT2D eigenvalue weighted by molar-refractivity contribution is -0.124. The van der Waals surface area contributed by atoms with Gasteiger partial charge in [-0.2, -0.15) is 0 Å². The molecule has 0 heterocycles. The average molecular weight is 360 g/mol. The number of carbonyl (C=O) groups is 1. The fourth-order valence-electron chi connectivity index (χ4n) is 3.27. The third-order valence-corrected chi connectivity index (χ3v) is 4.85. The third kappa shape index (κ3) is 3.92. The van der Waals surface area contributed by atoms with Gasteiger partial charge in [-0.15, -0.1) is 0 Å². The number of aliphatic hydroxyl groups is 1. The van der Waals surface area contributed by atoms with Crippen molar-refractivity contribution in [3.63, 3.8) is 0 Å². The Morgan fingerprint density at radius 2 is 1.26 bits per heavy atom. The fourth-order valence-corrected chi connectivity index (χ4v) is 3.27. The van der Waals surface area contributed by atoms with Gasteiger partial charge in [-0.1, -0.05) is 91.0 Å². The lowest BCUT2D eigenvalue weighted by Crippen LogP contribution is -2.51. The van der Waals surface area contributed by atoms with Crippen LogP contribution in [0.1, 0.15) is 29.7 Å². The van der Waals surface area contributed by atoms with Crippen LogP contribution in [0.4, 0.5) is 0 Å². The van der Waals surface area contributed by atoms with Gasteiger partial charge in [-0.05, 0) is 23.6 Å². The number of nitrogens with one attached hydrogen (secondary N) is 1. The molecule has 4 N–H and O–H groups in total. The Bertz CT molecular complexity index is 827. The van der Waals surface area contributed by atoms with Crippen LogP contribution in [0.3, 0.4) is 0 Å². The lowest BCUT2D eigenvalue weighted by atomic mass is 9.80. The molecule has 3 aromatic rings. The van der Waals surface area contributed by atoms with E-state index >= 15 is 0 Å². The molecule has 0 spiro atoms. The minimum absolute atomic E-state index is 0.334. The second-order valence-corrected chi connectivity index (χ2v) is 6.62. The zero-order chi connectivity index (χ0) is 19.3. The number of carbonyl (C=O) groups excluding carboxylic acids is 1. The van der Waals surface area contributed by atoms with Crippen molar-refractivity contribution in [2.75, 3.05) is 0 Å². The van der Waals surface area contributed by atoms with Crippen molar-refractivity contribution >= 4 is 5.91 Å². The maximum atomic E-state index is 12.7. The Kier molecular flexibility index (Phi) is 5.69. The van der Waals surface area contributed by atoms with Gasteiger partial charge in [-0.25, -0.2) is 0 Å². The summed E-state index contributed by atoms with van der Waals surface area (Å²) in [5.41, 5.74) is 6.87. The molecule has 0 saturated carbocycles. The number of hydrogen-bond donors (Lipinski definition) is 3. The van der Waals surface area contributed by atoms with Crippen LogP contribution >= 0.6 is 0 Å². The quantitative estimate of drug-likeness (QED) is 0.632. The molecule has 3 rings (SSSR count). The first-order chi connectivity index (χ1) is 13.0. The van der Waals surface area contributed by atoms with Crippen LogP contribution in [0.15, 0.2) is 91.0 Å². The lowest BCUT2D eigenvalue weighted by Gasteiger charge is -2.36. The van der Waals surface area contributed by atoms with Crippen LogP contribution in [0.2, 0.25) is 0 Å². The van der Waals surface area contributed by atoms with Gasteiger partial charge in [0.25, 0.3) is 0 Å². The van der Waals surface area contributed by atoms with Crippen molar-refractivity contribution in [3.8, 4) is 0 Å². The first-order valence-corrected chi connectivity index (χ1v) is 8.98. The number of rotatable bonds is 6. The molecule has 27 heavy (non-hydrogen) atoms. The number of nitrogens with two attached hydrogens (primary N) is 1. The predicted molar refractivity (Wildman–Crippen MR) is 107 cm³/mol. The zero-order valence-electron chi connectivity index (χ0n) is 15.2. The summed E-state index contributed by atoms with van der Waals surface area (Å²) in [6, 6.07) is 26.5. The minimum Gasteiger partial charge on any atom is -0.378 e. The number of benzene rings is 3. The Morgan fingerprint density at radius 3 is 1.70 bits per heavy atom. The van der Waals surface area contributed by atoms with Crippen LogP contribution in [0, 0.1) is 0 Å². The monoisotopic (exact) mass is 360 g/mol. The minimum atomic E-state index is -1.38. The molecule has 4 heteroatoms. The molecular formula is C23H24N2O2. The van der Waals surface area contributed by atoms with Crippen LogP contribution in [0.5, 0.6) is 0 Å². The van der Waals surface area contributed by atoms with Crippen LogP contribution in [-0.2, 0) is 10.4 Å². The van der Waals surface area contributed by atoms with E-state index in [1.54, 1.807) is 6.92 Å². The highest BCUT2D eigenvalue weighted by atomic mass is 16.3. The number of amides is 1. The number of hydrogen-bond acceptors (Lipinski definition) is 3. The van der Waals surface area contributed by atoms with E-state index in [0.717, 1.165) is 5.56 Å². The van der Waals surface area contributed by atoms with Gasteiger partial charge < -0.3 is 16.2 Å². The Labute approximate surface area is 159 Å². The van der Waals surface area contributed by atoms with Crippen LogP contribution in [0.25, 0.3) is 0 Å². The second kappa shape index (κ2) is 8.16. The van der Waals surface area contributed by atoms with E-state index in [1.807, 2.05) is 91.0 Å². The van der Waals surface area contributed by atoms with Crippen LogP contribution in [-0.4, -0.2) is 17.1 Å². The molecule has 3 aromatic carbocycles. The normalized spacial score (nSPS) is 13.6. The molecule has 2 atom stereocenters. The molecule has 0 bridgehead atoms. The van der Waals surface area contributed by atoms with Gasteiger partial charge >= 0.3 is 0 Å². The van der Waals surface area contributed by atoms with E-state index in [1.165, 1.54) is 0 Å². The van der Waals surface area contributed by atoms with E-state index in [-0.39, 0.29) is 5.91 Å². The van der Waals surface area contributed by atoms with E-state index in [0.29, 0.717) is 11.1 Å². The van der Waals surface area contributed by atoms with Gasteiger partial charge in [0.05, 0.1) is 6.04 Å². The summed E-state index contributed by atoms with van der Waals surface area (Å²) in [5, 5.41) is 14.6. The molecule has 0 radical (unpaired) electrons. The highest BCUT2D eigenvalue weighted by Gasteiger charge is 2.39. The molecule has 0 aliphatic heterocycles. The molecule has 138 valence electrons. The molecule has 0 saturated heterocycles. The van der Waals surface area contributed by atoms with Gasteiger partial charge in [0, 0.05) is 0 Å². The standard InChI is InChI=1S/C23H24N2O2/c1-17(25-22(26)21(24)18-11-5-2-6-12-18)23(27,19-13-7-3-8-14-19)20-15-9-4-10-16-20/h2-17,21,27H,24H2,1H3,(H,25,26)/t17-,21-/m0/s1. The smallest absolute Gasteiger partial charge is 0.241 e. The SMILES string of the molecule is C[C@H](NC(=O)[C@@H](N)c1ccccc1)C(O)(c1ccccc1)c1ccccc1. The predicted octanol–water partition coefficient (Wildman–Crippen LogP) is 3.13. The molecule has 1 amide bonds. The van der Waals surface area contributed by atoms with Gasteiger partial charge in [0.1, 0.15) is 11.6 Å². The van der Waals surface area contributed by atoms with Crippen molar-refractivity contribution in [2.45, 2.75) is 24.6 Å². The summed E-state index contributed by atoms with van der Waals surface area (Å²) in [7, 11) is 0. The third-order valence-electron chi connectivity index (χ3n) is 4.85. The van der Waals surface area contributed by atoms with Crippen molar-refractivity contribution in [3.05, 3.63) is 108 Å². The molecule has 0 unspecified atom stereocenters. The molecule has 4 nitrogen and oxygen atoms in total. The van der Waals surface area contributed by atoms with Gasteiger partial charge in [0.2, 0.25) is 5.91 Å². The molecule has 0 aliphatic carbocycles. The molecule has 0 fully saturated rings. The first kappa shape index (κ1) is 18.8. The van der Waals surface area contributed by atoms with Crippen molar-refractivity contribution in [1.29, 1.82) is 0 Å². The van der Waals surface area contributed by atoms with Crippen molar-refractivity contribution in [2.24, 2.45) is 5.73 Å². The van der Waals surface area contributed by atoms with Crippen molar-refractivity contribution in [1.82, 2.24) is 5.32 Å². The maximum Gasteiger partial charge on any atom is 0.241 e. The van der Waals surface area contributed by atoms with E-state index in [9.17, 15) is 9.90 Å². The Hall–Kier alpha value is -2.95. The summed E-state index contributed by atoms with van der Waals surface area (Å²) in [4.78, 5) is 12.7. The second-order valence-electron chi connectivity index (χ2n) is 6.62. The van der Waals surface area contributed by atoms with E-state index < -0.39 is 17.7 Å². The van der Waals surface area contributed by atoms with Crippen LogP contribution < -0.4 is 11.1 Å². The summed E-state index contributed by atoms with van der Waals surface area (Å²) in [5.74, 6) is -0.334. The summed E-state index contributed by atoms with van der Waals surface area (Å²) < 4.78 is 0. The van der Waals surface area contributed by atoms with E-state index in [4.69, 9.17) is 5.73 Å². The maximum absolute atomic E-state index is 12.7. The zero-order valence-corrected chi connectivity index (χ0v) is 15.2. The molecule has 0 aliphatic rings. The van der Waals surface area contributed by atoms with E-state index in [2.05, 4.69) is 5.32 Å². The van der Waals surface area contributed by atoms with Gasteiger partial charge in [0.15, 0.2) is 0 Å². The Morgan fingerprint density at radius 1 is 0.852 bits per heavy atom. The molecule has 0 aromatic heterocycles. The van der Waals surface area contributed by atoms with Crippen molar-refractivity contribution < 1.29 is 9.90 Å².